The van der Waals surface area contributed by atoms with Crippen LogP contribution in [0.2, 0.25) is 0 Å². The van der Waals surface area contributed by atoms with Crippen LogP contribution in [0.25, 0.3) is 31.9 Å². The summed E-state index contributed by atoms with van der Waals surface area (Å²) < 4.78 is 1.21. The molecular formula is C19H14N2S. The molecule has 0 spiro atoms. The molecular weight excluding hydrogens is 288 g/mol. The lowest BCUT2D eigenvalue weighted by Crippen LogP contribution is -1.79. The van der Waals surface area contributed by atoms with E-state index in [0.29, 0.717) is 0 Å². The van der Waals surface area contributed by atoms with Crippen LogP contribution in [0.3, 0.4) is 0 Å². The normalized spacial score (nSPS) is 11.0. The Hall–Kier alpha value is -2.52. The third-order valence-corrected chi connectivity index (χ3v) is 4.72. The van der Waals surface area contributed by atoms with Crippen molar-refractivity contribution in [3.8, 4) is 21.7 Å². The monoisotopic (exact) mass is 302 g/mol. The van der Waals surface area contributed by atoms with Gasteiger partial charge in [-0.3, -0.25) is 4.98 Å². The van der Waals surface area contributed by atoms with Gasteiger partial charge in [0.15, 0.2) is 0 Å². The number of hydrogen-bond acceptors (Lipinski definition) is 3. The van der Waals surface area contributed by atoms with Crippen molar-refractivity contribution in [3.05, 3.63) is 72.6 Å². The highest BCUT2D eigenvalue weighted by Gasteiger charge is 2.07. The number of rotatable bonds is 2. The molecule has 0 fully saturated rings. The van der Waals surface area contributed by atoms with E-state index in [4.69, 9.17) is 4.98 Å². The molecule has 0 bridgehead atoms. The van der Waals surface area contributed by atoms with E-state index in [9.17, 15) is 0 Å². The van der Waals surface area contributed by atoms with Crippen molar-refractivity contribution in [1.29, 1.82) is 0 Å². The lowest BCUT2D eigenvalue weighted by molar-refractivity contribution is 1.32. The fourth-order valence-electron chi connectivity index (χ4n) is 2.54. The average molecular weight is 302 g/mol. The van der Waals surface area contributed by atoms with Crippen LogP contribution in [0.15, 0.2) is 67.0 Å². The molecule has 0 N–H and O–H groups in total. The minimum absolute atomic E-state index is 1.02. The highest BCUT2D eigenvalue weighted by atomic mass is 32.1. The second-order valence-electron chi connectivity index (χ2n) is 5.31. The van der Waals surface area contributed by atoms with Gasteiger partial charge in [0.1, 0.15) is 5.01 Å². The SMILES string of the molecule is Cc1cccc(-c2ccc3nc(-c4cccnc4)sc3c2)c1. The number of benzene rings is 2. The first-order valence-electron chi connectivity index (χ1n) is 7.18. The van der Waals surface area contributed by atoms with Gasteiger partial charge in [-0.05, 0) is 42.3 Å². The standard InChI is InChI=1S/C19H14N2S/c1-13-4-2-5-14(10-13)15-7-8-17-18(11-15)22-19(21-17)16-6-3-9-20-12-16/h2-12H,1H3. The maximum Gasteiger partial charge on any atom is 0.126 e. The molecule has 4 aromatic rings. The fourth-order valence-corrected chi connectivity index (χ4v) is 3.54. The van der Waals surface area contributed by atoms with E-state index in [0.717, 1.165) is 16.1 Å². The summed E-state index contributed by atoms with van der Waals surface area (Å²) in [6.45, 7) is 2.12. The molecule has 0 radical (unpaired) electrons. The van der Waals surface area contributed by atoms with Gasteiger partial charge >= 0.3 is 0 Å². The van der Waals surface area contributed by atoms with Crippen molar-refractivity contribution in [1.82, 2.24) is 9.97 Å². The first-order valence-corrected chi connectivity index (χ1v) is 7.99. The molecule has 22 heavy (non-hydrogen) atoms. The van der Waals surface area contributed by atoms with Crippen LogP contribution < -0.4 is 0 Å². The third-order valence-electron chi connectivity index (χ3n) is 3.65. The molecule has 0 atom stereocenters. The summed E-state index contributed by atoms with van der Waals surface area (Å²) in [5.41, 5.74) is 5.87. The molecule has 3 heteroatoms. The molecule has 0 unspecified atom stereocenters. The number of aromatic nitrogens is 2. The minimum Gasteiger partial charge on any atom is -0.264 e. The zero-order valence-electron chi connectivity index (χ0n) is 12.2. The van der Waals surface area contributed by atoms with Crippen molar-refractivity contribution in [3.63, 3.8) is 0 Å². The summed E-state index contributed by atoms with van der Waals surface area (Å²) in [7, 11) is 0. The Morgan fingerprint density at radius 2 is 1.73 bits per heavy atom. The fraction of sp³-hybridized carbons (Fsp3) is 0.0526. The van der Waals surface area contributed by atoms with E-state index in [1.165, 1.54) is 21.4 Å². The van der Waals surface area contributed by atoms with Gasteiger partial charge in [0.05, 0.1) is 10.2 Å². The van der Waals surface area contributed by atoms with Crippen molar-refractivity contribution in [2.75, 3.05) is 0 Å². The lowest BCUT2D eigenvalue weighted by atomic mass is 10.0. The Balaban J connectivity index is 1.82. The molecule has 0 aliphatic carbocycles. The van der Waals surface area contributed by atoms with Crippen LogP contribution in [0.4, 0.5) is 0 Å². The molecule has 0 saturated heterocycles. The molecule has 2 aromatic carbocycles. The highest BCUT2D eigenvalue weighted by Crippen LogP contribution is 2.32. The molecule has 2 nitrogen and oxygen atoms in total. The number of aryl methyl sites for hydroxylation is 1. The van der Waals surface area contributed by atoms with Crippen molar-refractivity contribution >= 4 is 21.6 Å². The van der Waals surface area contributed by atoms with Gasteiger partial charge in [-0.25, -0.2) is 4.98 Å². The van der Waals surface area contributed by atoms with E-state index in [2.05, 4.69) is 54.4 Å². The maximum atomic E-state index is 4.71. The van der Waals surface area contributed by atoms with E-state index in [1.54, 1.807) is 17.5 Å². The zero-order chi connectivity index (χ0) is 14.9. The van der Waals surface area contributed by atoms with Gasteiger partial charge in [0.25, 0.3) is 0 Å². The Morgan fingerprint density at radius 3 is 2.55 bits per heavy atom. The van der Waals surface area contributed by atoms with Crippen LogP contribution in [-0.2, 0) is 0 Å². The van der Waals surface area contributed by atoms with Crippen molar-refractivity contribution < 1.29 is 0 Å². The molecule has 0 aliphatic rings. The van der Waals surface area contributed by atoms with Crippen LogP contribution in [-0.4, -0.2) is 9.97 Å². The van der Waals surface area contributed by atoms with Gasteiger partial charge in [0, 0.05) is 18.0 Å². The van der Waals surface area contributed by atoms with Gasteiger partial charge in [-0.15, -0.1) is 11.3 Å². The lowest BCUT2D eigenvalue weighted by Gasteiger charge is -2.02. The molecule has 0 saturated carbocycles. The summed E-state index contributed by atoms with van der Waals surface area (Å²) in [5, 5.41) is 1.02. The molecule has 106 valence electrons. The smallest absolute Gasteiger partial charge is 0.126 e. The number of thiazole rings is 1. The summed E-state index contributed by atoms with van der Waals surface area (Å²) in [6.07, 6.45) is 3.64. The molecule has 0 amide bonds. The second-order valence-corrected chi connectivity index (χ2v) is 6.34. The Labute approximate surface area is 133 Å². The largest absolute Gasteiger partial charge is 0.264 e. The van der Waals surface area contributed by atoms with Crippen LogP contribution in [0.5, 0.6) is 0 Å². The van der Waals surface area contributed by atoms with E-state index in [1.807, 2.05) is 18.3 Å². The number of pyridine rings is 1. The number of fused-ring (bicyclic) bond motifs is 1. The van der Waals surface area contributed by atoms with Crippen LogP contribution in [0, 0.1) is 6.92 Å². The number of nitrogens with zero attached hydrogens (tertiary/aromatic N) is 2. The molecule has 2 aromatic heterocycles. The van der Waals surface area contributed by atoms with Gasteiger partial charge in [0.2, 0.25) is 0 Å². The Bertz CT molecular complexity index is 942. The quantitative estimate of drug-likeness (QED) is 0.500. The van der Waals surface area contributed by atoms with E-state index in [-0.39, 0.29) is 0 Å². The van der Waals surface area contributed by atoms with E-state index >= 15 is 0 Å². The molecule has 4 rings (SSSR count). The van der Waals surface area contributed by atoms with Gasteiger partial charge in [-0.1, -0.05) is 35.9 Å². The van der Waals surface area contributed by atoms with Gasteiger partial charge < -0.3 is 0 Å². The van der Waals surface area contributed by atoms with E-state index < -0.39 is 0 Å². The number of hydrogen-bond donors (Lipinski definition) is 0. The summed E-state index contributed by atoms with van der Waals surface area (Å²) in [4.78, 5) is 8.89. The predicted molar refractivity (Wildman–Crippen MR) is 93.0 cm³/mol. The second kappa shape index (κ2) is 5.35. The molecule has 2 heterocycles. The Kier molecular flexibility index (Phi) is 3.20. The van der Waals surface area contributed by atoms with Crippen molar-refractivity contribution in [2.45, 2.75) is 6.92 Å². The third kappa shape index (κ3) is 2.40. The minimum atomic E-state index is 1.02. The van der Waals surface area contributed by atoms with Gasteiger partial charge in [-0.2, -0.15) is 0 Å². The first-order chi connectivity index (χ1) is 10.8. The zero-order valence-corrected chi connectivity index (χ0v) is 13.0. The van der Waals surface area contributed by atoms with Crippen molar-refractivity contribution in [2.24, 2.45) is 0 Å². The predicted octanol–water partition coefficient (Wildman–Crippen LogP) is 5.33. The maximum absolute atomic E-state index is 4.71. The summed E-state index contributed by atoms with van der Waals surface area (Å²) >= 11 is 1.71. The average Bonchev–Trinajstić information content (AvgIpc) is 2.99. The molecule has 0 aliphatic heterocycles. The first kappa shape index (κ1) is 13.2. The van der Waals surface area contributed by atoms with Crippen LogP contribution in [0.1, 0.15) is 5.56 Å². The highest BCUT2D eigenvalue weighted by molar-refractivity contribution is 7.21. The van der Waals surface area contributed by atoms with Crippen LogP contribution >= 0.6 is 11.3 Å². The topological polar surface area (TPSA) is 25.8 Å². The Morgan fingerprint density at radius 1 is 0.864 bits per heavy atom. The summed E-state index contributed by atoms with van der Waals surface area (Å²) in [5.74, 6) is 0. The summed E-state index contributed by atoms with van der Waals surface area (Å²) in [6, 6.07) is 19.0.